The number of hydrogen-bond donors (Lipinski definition) is 2. The van der Waals surface area contributed by atoms with E-state index in [1.54, 1.807) is 25.3 Å². The first-order valence-corrected chi connectivity index (χ1v) is 14.7. The van der Waals surface area contributed by atoms with Gasteiger partial charge in [0.2, 0.25) is 11.4 Å². The lowest BCUT2D eigenvalue weighted by Gasteiger charge is -2.48. The number of hydrogen-bond acceptors (Lipinski definition) is 9. The first kappa shape index (κ1) is 31.1. The Morgan fingerprint density at radius 3 is 1.86 bits per heavy atom. The van der Waals surface area contributed by atoms with Gasteiger partial charge in [0.15, 0.2) is 0 Å². The molecule has 0 radical (unpaired) electrons. The third kappa shape index (κ3) is 5.55. The lowest BCUT2D eigenvalue weighted by atomic mass is 9.82. The van der Waals surface area contributed by atoms with Crippen LogP contribution in [0.5, 0.6) is 17.2 Å². The van der Waals surface area contributed by atoms with Gasteiger partial charge in [0, 0.05) is 35.5 Å². The number of fused-ring (bicyclic) bond motifs is 1. The molecule has 0 spiro atoms. The van der Waals surface area contributed by atoms with Gasteiger partial charge in [-0.25, -0.2) is 0 Å². The predicted octanol–water partition coefficient (Wildman–Crippen LogP) is 6.63. The first-order chi connectivity index (χ1) is 19.9. The number of benzene rings is 2. The van der Waals surface area contributed by atoms with E-state index in [9.17, 15) is 15.2 Å². The smallest absolute Gasteiger partial charge is 0.229 e. The zero-order valence-corrected chi connectivity index (χ0v) is 26.6. The second-order valence-electron chi connectivity index (χ2n) is 14.2. The minimum absolute atomic E-state index is 0.0485. The van der Waals surface area contributed by atoms with Gasteiger partial charge in [-0.3, -0.25) is 4.79 Å². The van der Waals surface area contributed by atoms with Crippen LogP contribution in [0, 0.1) is 0 Å². The van der Waals surface area contributed by atoms with Crippen molar-refractivity contribution in [3.63, 3.8) is 0 Å². The van der Waals surface area contributed by atoms with Gasteiger partial charge in [0.05, 0.1) is 29.5 Å². The van der Waals surface area contributed by atoms with Crippen molar-refractivity contribution in [1.29, 1.82) is 0 Å². The Balaban J connectivity index is 1.52. The van der Waals surface area contributed by atoms with Crippen molar-refractivity contribution >= 4 is 5.78 Å². The maximum atomic E-state index is 14.4. The molecule has 0 bridgehead atoms. The topological polar surface area (TPSA) is 101 Å². The Labute approximate surface area is 254 Å². The predicted molar refractivity (Wildman–Crippen MR) is 162 cm³/mol. The third-order valence-corrected chi connectivity index (χ3v) is 8.59. The zero-order chi connectivity index (χ0) is 31.6. The molecule has 3 aliphatic rings. The van der Waals surface area contributed by atoms with Crippen LogP contribution in [0.15, 0.2) is 66.1 Å². The number of carbonyl (C=O) groups excluding carboxylic acids is 1. The summed E-state index contributed by atoms with van der Waals surface area (Å²) >= 11 is 0. The van der Waals surface area contributed by atoms with E-state index in [1.165, 1.54) is 10.1 Å². The van der Waals surface area contributed by atoms with E-state index in [1.807, 2.05) is 91.8 Å². The number of carbonyl (C=O) groups is 1. The molecule has 0 saturated carbocycles. The largest absolute Gasteiger partial charge is 0.497 e. The molecule has 2 N–H and O–H groups in total. The molecule has 3 heterocycles. The lowest BCUT2D eigenvalue weighted by Crippen LogP contribution is -2.56. The fourth-order valence-electron chi connectivity index (χ4n) is 6.62. The van der Waals surface area contributed by atoms with Gasteiger partial charge >= 0.3 is 0 Å². The lowest BCUT2D eigenvalue weighted by molar-refractivity contribution is -0.220. The summed E-state index contributed by atoms with van der Waals surface area (Å²) in [5, 5.41) is 24.2. The van der Waals surface area contributed by atoms with Crippen molar-refractivity contribution in [2.75, 3.05) is 13.7 Å². The Bertz CT molecular complexity index is 1470. The van der Waals surface area contributed by atoms with Crippen LogP contribution in [-0.2, 0) is 10.3 Å². The average Bonchev–Trinajstić information content (AvgIpc) is 2.91. The first-order valence-electron chi connectivity index (χ1n) is 14.7. The minimum Gasteiger partial charge on any atom is -0.497 e. The highest BCUT2D eigenvalue weighted by Crippen LogP contribution is 2.45. The molecule has 9 nitrogen and oxygen atoms in total. The van der Waals surface area contributed by atoms with Crippen molar-refractivity contribution in [3.05, 3.63) is 77.3 Å². The van der Waals surface area contributed by atoms with Crippen molar-refractivity contribution in [1.82, 2.24) is 10.1 Å². The normalized spacial score (nSPS) is 26.0. The average molecular weight is 593 g/mol. The fourth-order valence-corrected chi connectivity index (χ4v) is 6.62. The molecule has 1 atom stereocenters. The van der Waals surface area contributed by atoms with E-state index in [0.717, 1.165) is 5.76 Å². The Morgan fingerprint density at radius 1 is 0.767 bits per heavy atom. The number of ketones is 1. The monoisotopic (exact) mass is 592 g/mol. The van der Waals surface area contributed by atoms with E-state index < -0.39 is 27.8 Å². The summed E-state index contributed by atoms with van der Waals surface area (Å²) in [5.74, 6) is 2.76. The highest BCUT2D eigenvalue weighted by Gasteiger charge is 2.51. The fraction of sp³-hybridized carbons (Fsp3) is 0.500. The summed E-state index contributed by atoms with van der Waals surface area (Å²) in [6.45, 7) is 15.4. The SMILES string of the molecule is COc1ccc2c(c1)OCC(OC1=CC(C)(C)N(O)C(C)(C)C1)(c1ccc(OC3=CC(C)(C)N(O)C(C)(C)C3)cc1)C2=O. The van der Waals surface area contributed by atoms with Crippen molar-refractivity contribution < 1.29 is 34.2 Å². The van der Waals surface area contributed by atoms with Gasteiger partial charge in [0.1, 0.15) is 29.6 Å². The Morgan fingerprint density at radius 2 is 1.30 bits per heavy atom. The number of nitrogens with zero attached hydrogens (tertiary/aromatic N) is 2. The van der Waals surface area contributed by atoms with Gasteiger partial charge in [0.25, 0.3) is 0 Å². The molecular weight excluding hydrogens is 548 g/mol. The van der Waals surface area contributed by atoms with Crippen molar-refractivity contribution in [2.45, 2.75) is 96.0 Å². The number of ether oxygens (including phenoxy) is 4. The van der Waals surface area contributed by atoms with E-state index in [0.29, 0.717) is 47.0 Å². The summed E-state index contributed by atoms with van der Waals surface area (Å²) in [4.78, 5) is 14.4. The Kier molecular flexibility index (Phi) is 7.49. The Hall–Kier alpha value is -3.37. The molecule has 2 aromatic carbocycles. The van der Waals surface area contributed by atoms with Gasteiger partial charge in [-0.1, -0.05) is 12.1 Å². The maximum Gasteiger partial charge on any atom is 0.229 e. The van der Waals surface area contributed by atoms with Gasteiger partial charge in [-0.2, -0.15) is 10.1 Å². The quantitative estimate of drug-likeness (QED) is 0.383. The molecule has 0 amide bonds. The molecule has 3 aliphatic heterocycles. The van der Waals surface area contributed by atoms with E-state index in [-0.39, 0.29) is 12.4 Å². The second kappa shape index (κ2) is 10.4. The number of hydroxylamine groups is 4. The number of methoxy groups -OCH3 is 1. The summed E-state index contributed by atoms with van der Waals surface area (Å²) in [7, 11) is 1.57. The summed E-state index contributed by atoms with van der Waals surface area (Å²) in [5.41, 5.74) is -2.91. The molecule has 9 heteroatoms. The van der Waals surface area contributed by atoms with Crippen LogP contribution < -0.4 is 14.2 Å². The van der Waals surface area contributed by atoms with Crippen LogP contribution in [0.1, 0.15) is 84.2 Å². The van der Waals surface area contributed by atoms with Crippen LogP contribution in [-0.4, -0.2) is 62.2 Å². The molecular formula is C34H44N2O7. The van der Waals surface area contributed by atoms with Crippen LogP contribution in [0.3, 0.4) is 0 Å². The zero-order valence-electron chi connectivity index (χ0n) is 26.6. The second-order valence-corrected chi connectivity index (χ2v) is 14.2. The van der Waals surface area contributed by atoms with Gasteiger partial charge in [-0.15, -0.1) is 0 Å². The summed E-state index contributed by atoms with van der Waals surface area (Å²) < 4.78 is 24.6. The molecule has 0 fully saturated rings. The van der Waals surface area contributed by atoms with Crippen LogP contribution >= 0.6 is 0 Å². The van der Waals surface area contributed by atoms with E-state index in [2.05, 4.69) is 0 Å². The number of Topliss-reactive ketones (excluding diaryl/α,β-unsaturated/α-hetero) is 1. The van der Waals surface area contributed by atoms with Gasteiger partial charge in [-0.05, 0) is 91.8 Å². The van der Waals surface area contributed by atoms with Crippen LogP contribution in [0.2, 0.25) is 0 Å². The maximum absolute atomic E-state index is 14.4. The highest BCUT2D eigenvalue weighted by molar-refractivity contribution is 6.06. The molecule has 5 rings (SSSR count). The van der Waals surface area contributed by atoms with Gasteiger partial charge < -0.3 is 29.4 Å². The van der Waals surface area contributed by atoms with Crippen molar-refractivity contribution in [3.8, 4) is 17.2 Å². The molecule has 0 aliphatic carbocycles. The van der Waals surface area contributed by atoms with Crippen molar-refractivity contribution in [2.24, 2.45) is 0 Å². The van der Waals surface area contributed by atoms with Crippen LogP contribution in [0.25, 0.3) is 0 Å². The van der Waals surface area contributed by atoms with E-state index >= 15 is 0 Å². The molecule has 0 aromatic heterocycles. The number of rotatable bonds is 6. The standard InChI is InChI=1S/C34H44N2O7/c1-30(2)17-25(18-31(3,4)35(30)38)42-23-12-10-22(11-13-23)34(43-26-19-32(5,6)36(39)33(7,8)20-26)21-41-28-16-24(40-9)14-15-27(28)29(34)37/h10-17,19,38-39H,18,20-21H2,1-9H3. The van der Waals surface area contributed by atoms with E-state index in [4.69, 9.17) is 18.9 Å². The highest BCUT2D eigenvalue weighted by atomic mass is 16.6. The molecule has 2 aromatic rings. The summed E-state index contributed by atoms with van der Waals surface area (Å²) in [6.07, 6.45) is 4.69. The molecule has 232 valence electrons. The molecule has 43 heavy (non-hydrogen) atoms. The van der Waals surface area contributed by atoms with Crippen LogP contribution in [0.4, 0.5) is 0 Å². The minimum atomic E-state index is -1.47. The third-order valence-electron chi connectivity index (χ3n) is 8.59. The summed E-state index contributed by atoms with van der Waals surface area (Å²) in [6, 6.07) is 12.5. The molecule has 1 unspecified atom stereocenters. The molecule has 0 saturated heterocycles.